The molecule has 0 aromatic heterocycles. The fourth-order valence-electron chi connectivity index (χ4n) is 2.25. The van der Waals surface area contributed by atoms with Crippen LogP contribution in [0.4, 0.5) is 0 Å². The highest BCUT2D eigenvalue weighted by atomic mass is 79.9. The van der Waals surface area contributed by atoms with Crippen molar-refractivity contribution in [3.8, 4) is 0 Å². The van der Waals surface area contributed by atoms with E-state index in [0.717, 1.165) is 12.8 Å². The molecule has 2 heteroatoms. The Morgan fingerprint density at radius 1 is 1.25 bits per heavy atom. The number of rotatable bonds is 2. The van der Waals surface area contributed by atoms with Crippen molar-refractivity contribution >= 4 is 15.9 Å². The lowest BCUT2D eigenvalue weighted by Crippen LogP contribution is -2.39. The molecular weight excluding hydrogens is 264 g/mol. The van der Waals surface area contributed by atoms with Crippen molar-refractivity contribution < 1.29 is 4.74 Å². The smallest absolute Gasteiger partial charge is 0.0630 e. The first-order chi connectivity index (χ1) is 7.66. The Morgan fingerprint density at radius 2 is 1.94 bits per heavy atom. The van der Waals surface area contributed by atoms with Crippen LogP contribution < -0.4 is 0 Å². The average molecular weight is 283 g/mol. The maximum Gasteiger partial charge on any atom is 0.0630 e. The summed E-state index contributed by atoms with van der Waals surface area (Å²) in [5.74, 6) is 0.604. The van der Waals surface area contributed by atoms with E-state index in [1.54, 1.807) is 0 Å². The number of benzene rings is 1. The number of hydrogen-bond donors (Lipinski definition) is 0. The van der Waals surface area contributed by atoms with Crippen LogP contribution in [0.15, 0.2) is 30.3 Å². The maximum atomic E-state index is 6.04. The van der Waals surface area contributed by atoms with Crippen molar-refractivity contribution in [2.24, 2.45) is 5.92 Å². The van der Waals surface area contributed by atoms with E-state index in [9.17, 15) is 0 Å². The molecule has 0 spiro atoms. The third-order valence-corrected chi connectivity index (χ3v) is 4.72. The van der Waals surface area contributed by atoms with Gasteiger partial charge in [-0.25, -0.2) is 0 Å². The van der Waals surface area contributed by atoms with Gasteiger partial charge in [0, 0.05) is 4.83 Å². The molecule has 4 atom stereocenters. The second-order valence-electron chi connectivity index (χ2n) is 4.76. The van der Waals surface area contributed by atoms with Gasteiger partial charge in [-0.05, 0) is 31.2 Å². The van der Waals surface area contributed by atoms with Gasteiger partial charge >= 0.3 is 0 Å². The van der Waals surface area contributed by atoms with Crippen LogP contribution in [-0.2, 0) is 11.2 Å². The van der Waals surface area contributed by atoms with Crippen molar-refractivity contribution in [3.63, 3.8) is 0 Å². The van der Waals surface area contributed by atoms with Crippen LogP contribution in [-0.4, -0.2) is 17.0 Å². The van der Waals surface area contributed by atoms with Crippen molar-refractivity contribution in [2.75, 3.05) is 0 Å². The van der Waals surface area contributed by atoms with E-state index in [4.69, 9.17) is 4.74 Å². The second kappa shape index (κ2) is 5.33. The molecule has 1 nitrogen and oxygen atoms in total. The second-order valence-corrected chi connectivity index (χ2v) is 5.94. The van der Waals surface area contributed by atoms with Gasteiger partial charge in [-0.2, -0.15) is 0 Å². The van der Waals surface area contributed by atoms with Gasteiger partial charge in [-0.15, -0.1) is 0 Å². The topological polar surface area (TPSA) is 9.23 Å². The molecule has 1 aromatic rings. The third-order valence-electron chi connectivity index (χ3n) is 3.51. The standard InChI is InChI=1S/C14H19BrO/c1-10-11(2)16-13(9-14(10)15)8-12-6-4-3-5-7-12/h3-7,10-11,13-14H,8-9H2,1-2H3/t10-,11-,13+,14+/m1/s1. The Kier molecular flexibility index (Phi) is 4.04. The summed E-state index contributed by atoms with van der Waals surface area (Å²) >= 11 is 3.77. The first-order valence-electron chi connectivity index (χ1n) is 6.00. The van der Waals surface area contributed by atoms with E-state index in [1.807, 2.05) is 0 Å². The minimum Gasteiger partial charge on any atom is -0.375 e. The lowest BCUT2D eigenvalue weighted by molar-refractivity contribution is -0.0634. The zero-order valence-corrected chi connectivity index (χ0v) is 11.5. The molecule has 1 aliphatic heterocycles. The van der Waals surface area contributed by atoms with Crippen molar-refractivity contribution in [1.82, 2.24) is 0 Å². The minimum atomic E-state index is 0.354. The Morgan fingerprint density at radius 3 is 2.56 bits per heavy atom. The predicted molar refractivity (Wildman–Crippen MR) is 71.0 cm³/mol. The normalized spacial score (nSPS) is 34.9. The fraction of sp³-hybridized carbons (Fsp3) is 0.571. The molecule has 1 fully saturated rings. The molecule has 0 amide bonds. The molecule has 1 heterocycles. The summed E-state index contributed by atoms with van der Waals surface area (Å²) in [7, 11) is 0. The van der Waals surface area contributed by atoms with Crippen LogP contribution >= 0.6 is 15.9 Å². The van der Waals surface area contributed by atoms with Crippen LogP contribution in [0.3, 0.4) is 0 Å². The predicted octanol–water partition coefficient (Wildman–Crippen LogP) is 3.81. The monoisotopic (exact) mass is 282 g/mol. The van der Waals surface area contributed by atoms with Crippen LogP contribution in [0, 0.1) is 5.92 Å². The Hall–Kier alpha value is -0.340. The molecule has 0 N–H and O–H groups in total. The molecule has 88 valence electrons. The van der Waals surface area contributed by atoms with Gasteiger partial charge in [-0.3, -0.25) is 0 Å². The highest BCUT2D eigenvalue weighted by molar-refractivity contribution is 9.09. The molecular formula is C14H19BrO. The summed E-state index contributed by atoms with van der Waals surface area (Å²) in [6.07, 6.45) is 2.85. The maximum absolute atomic E-state index is 6.04. The first-order valence-corrected chi connectivity index (χ1v) is 6.92. The zero-order valence-electron chi connectivity index (χ0n) is 9.90. The summed E-state index contributed by atoms with van der Waals surface area (Å²) in [4.78, 5) is 0.588. The van der Waals surface area contributed by atoms with Crippen molar-refractivity contribution in [3.05, 3.63) is 35.9 Å². The minimum absolute atomic E-state index is 0.354. The first kappa shape index (κ1) is 12.1. The van der Waals surface area contributed by atoms with Crippen LogP contribution in [0.2, 0.25) is 0 Å². The fourth-order valence-corrected chi connectivity index (χ4v) is 3.10. The quantitative estimate of drug-likeness (QED) is 0.750. The van der Waals surface area contributed by atoms with E-state index < -0.39 is 0 Å². The molecule has 16 heavy (non-hydrogen) atoms. The molecule has 0 aliphatic carbocycles. The molecule has 2 rings (SSSR count). The van der Waals surface area contributed by atoms with Crippen LogP contribution in [0.1, 0.15) is 25.8 Å². The lowest BCUT2D eigenvalue weighted by Gasteiger charge is -2.36. The Bertz CT molecular complexity index is 313. The Balaban J connectivity index is 1.97. The van der Waals surface area contributed by atoms with Gasteiger partial charge < -0.3 is 4.74 Å². The molecule has 1 saturated heterocycles. The van der Waals surface area contributed by atoms with Gasteiger partial charge in [0.15, 0.2) is 0 Å². The molecule has 0 saturated carbocycles. The van der Waals surface area contributed by atoms with Crippen LogP contribution in [0.5, 0.6) is 0 Å². The number of alkyl halides is 1. The largest absolute Gasteiger partial charge is 0.375 e. The summed E-state index contributed by atoms with van der Waals surface area (Å²) < 4.78 is 6.04. The van der Waals surface area contributed by atoms with E-state index in [1.165, 1.54) is 5.56 Å². The van der Waals surface area contributed by atoms with E-state index in [2.05, 4.69) is 60.1 Å². The van der Waals surface area contributed by atoms with Gasteiger partial charge in [-0.1, -0.05) is 53.2 Å². The number of ether oxygens (including phenoxy) is 1. The summed E-state index contributed by atoms with van der Waals surface area (Å²) in [6.45, 7) is 4.43. The SMILES string of the molecule is C[C@H]1[C@@H](Br)C[C@H](Cc2ccccc2)O[C@@H]1C. The number of hydrogen-bond acceptors (Lipinski definition) is 1. The highest BCUT2D eigenvalue weighted by Crippen LogP contribution is 2.31. The average Bonchev–Trinajstić information content (AvgIpc) is 2.27. The van der Waals surface area contributed by atoms with E-state index in [0.29, 0.717) is 23.0 Å². The summed E-state index contributed by atoms with van der Waals surface area (Å²) in [5, 5.41) is 0. The molecule has 1 aromatic carbocycles. The molecule has 0 bridgehead atoms. The van der Waals surface area contributed by atoms with E-state index >= 15 is 0 Å². The highest BCUT2D eigenvalue weighted by Gasteiger charge is 2.31. The van der Waals surface area contributed by atoms with Gasteiger partial charge in [0.05, 0.1) is 12.2 Å². The lowest BCUT2D eigenvalue weighted by atomic mass is 9.91. The van der Waals surface area contributed by atoms with Crippen molar-refractivity contribution in [2.45, 2.75) is 43.7 Å². The molecule has 1 aliphatic rings. The van der Waals surface area contributed by atoms with Crippen molar-refractivity contribution in [1.29, 1.82) is 0 Å². The molecule has 0 radical (unpaired) electrons. The van der Waals surface area contributed by atoms with Gasteiger partial charge in [0.25, 0.3) is 0 Å². The molecule has 0 unspecified atom stereocenters. The van der Waals surface area contributed by atoms with Gasteiger partial charge in [0.2, 0.25) is 0 Å². The van der Waals surface area contributed by atoms with Crippen LogP contribution in [0.25, 0.3) is 0 Å². The zero-order chi connectivity index (χ0) is 11.5. The summed E-state index contributed by atoms with van der Waals surface area (Å²) in [5.41, 5.74) is 1.37. The van der Waals surface area contributed by atoms with Gasteiger partial charge in [0.1, 0.15) is 0 Å². The Labute approximate surface area is 106 Å². The summed E-state index contributed by atoms with van der Waals surface area (Å²) in [6, 6.07) is 10.6. The van der Waals surface area contributed by atoms with E-state index in [-0.39, 0.29) is 0 Å². The number of halogens is 1. The third kappa shape index (κ3) is 2.86.